The molecule has 2 atom stereocenters. The lowest BCUT2D eigenvalue weighted by molar-refractivity contribution is -0.0761. The van der Waals surface area contributed by atoms with Gasteiger partial charge < -0.3 is 4.74 Å². The molecule has 1 aromatic rings. The average molecular weight is 329 g/mol. The zero-order chi connectivity index (χ0) is 14.9. The van der Waals surface area contributed by atoms with Gasteiger partial charge in [-0.2, -0.15) is 4.31 Å². The van der Waals surface area contributed by atoms with Crippen molar-refractivity contribution in [3.63, 3.8) is 0 Å². The summed E-state index contributed by atoms with van der Waals surface area (Å²) in [6.45, 7) is 3.18. The van der Waals surface area contributed by atoms with Gasteiger partial charge in [-0.1, -0.05) is 25.8 Å². The maximum atomic E-state index is 12.7. The van der Waals surface area contributed by atoms with Crippen LogP contribution in [0.4, 0.5) is 0 Å². The summed E-state index contributed by atoms with van der Waals surface area (Å²) in [6.07, 6.45) is 5.67. The Morgan fingerprint density at radius 3 is 2.81 bits per heavy atom. The highest BCUT2D eigenvalue weighted by molar-refractivity contribution is 7.91. The van der Waals surface area contributed by atoms with E-state index in [0.717, 1.165) is 19.3 Å². The highest BCUT2D eigenvalue weighted by atomic mass is 32.2. The summed E-state index contributed by atoms with van der Waals surface area (Å²) in [5.41, 5.74) is 0. The smallest absolute Gasteiger partial charge is 0.252 e. The third kappa shape index (κ3) is 3.50. The Bertz CT molecular complexity index is 551. The van der Waals surface area contributed by atoms with Gasteiger partial charge in [0.1, 0.15) is 4.21 Å². The molecule has 2 fully saturated rings. The van der Waals surface area contributed by atoms with Crippen molar-refractivity contribution in [1.29, 1.82) is 0 Å². The Balaban J connectivity index is 1.76. The van der Waals surface area contributed by atoms with E-state index in [1.165, 1.54) is 24.2 Å². The Kier molecular flexibility index (Phi) is 4.69. The van der Waals surface area contributed by atoms with Crippen molar-refractivity contribution >= 4 is 21.4 Å². The van der Waals surface area contributed by atoms with Crippen LogP contribution in [0.25, 0.3) is 0 Å². The summed E-state index contributed by atoms with van der Waals surface area (Å²) in [5, 5.41) is 1.82. The predicted octanol–water partition coefficient (Wildman–Crippen LogP) is 3.11. The van der Waals surface area contributed by atoms with Gasteiger partial charge in [-0.25, -0.2) is 8.42 Å². The van der Waals surface area contributed by atoms with Crippen molar-refractivity contribution in [2.45, 2.75) is 55.4 Å². The summed E-state index contributed by atoms with van der Waals surface area (Å²) in [7, 11) is -3.34. The third-order valence-corrected chi connectivity index (χ3v) is 7.48. The first-order valence-electron chi connectivity index (χ1n) is 7.80. The number of nitrogens with zero attached hydrogens (tertiary/aromatic N) is 1. The van der Waals surface area contributed by atoms with E-state index in [-0.39, 0.29) is 12.2 Å². The molecule has 0 unspecified atom stereocenters. The van der Waals surface area contributed by atoms with E-state index in [1.54, 1.807) is 16.4 Å². The molecule has 0 bridgehead atoms. The first-order valence-corrected chi connectivity index (χ1v) is 10.1. The molecule has 2 aliphatic rings. The number of hydrogen-bond donors (Lipinski definition) is 0. The van der Waals surface area contributed by atoms with Crippen molar-refractivity contribution in [3.05, 3.63) is 17.5 Å². The molecule has 1 aliphatic heterocycles. The van der Waals surface area contributed by atoms with Crippen molar-refractivity contribution in [2.24, 2.45) is 5.92 Å². The van der Waals surface area contributed by atoms with Crippen LogP contribution in [0.15, 0.2) is 21.7 Å². The molecule has 1 saturated heterocycles. The molecule has 21 heavy (non-hydrogen) atoms. The normalized spacial score (nSPS) is 27.9. The van der Waals surface area contributed by atoms with Crippen LogP contribution in [-0.2, 0) is 14.8 Å². The van der Waals surface area contributed by atoms with E-state index >= 15 is 0 Å². The van der Waals surface area contributed by atoms with Crippen molar-refractivity contribution < 1.29 is 13.2 Å². The van der Waals surface area contributed by atoms with Gasteiger partial charge in [-0.15, -0.1) is 11.3 Å². The molecule has 118 valence electrons. The molecule has 6 heteroatoms. The highest BCUT2D eigenvalue weighted by Crippen LogP contribution is 2.38. The lowest BCUT2D eigenvalue weighted by Gasteiger charge is -2.37. The largest absolute Gasteiger partial charge is 0.372 e. The molecular weight excluding hydrogens is 306 g/mol. The number of morpholine rings is 1. The molecule has 2 heterocycles. The quantitative estimate of drug-likeness (QED) is 0.805. The predicted molar refractivity (Wildman–Crippen MR) is 84.0 cm³/mol. The van der Waals surface area contributed by atoms with Crippen LogP contribution in [0, 0.1) is 5.92 Å². The number of ether oxygens (including phenoxy) is 1. The molecule has 3 rings (SSSR count). The number of thiophene rings is 1. The summed E-state index contributed by atoms with van der Waals surface area (Å²) in [6, 6.07) is 3.49. The Morgan fingerprint density at radius 1 is 1.38 bits per heavy atom. The Labute approximate surface area is 131 Å². The van der Waals surface area contributed by atoms with Crippen LogP contribution in [-0.4, -0.2) is 38.0 Å². The van der Waals surface area contributed by atoms with Crippen LogP contribution in [0.5, 0.6) is 0 Å². The van der Waals surface area contributed by atoms with E-state index in [0.29, 0.717) is 23.2 Å². The van der Waals surface area contributed by atoms with Crippen molar-refractivity contribution in [2.75, 3.05) is 13.1 Å². The van der Waals surface area contributed by atoms with E-state index < -0.39 is 10.0 Å². The Hall–Kier alpha value is -0.430. The van der Waals surface area contributed by atoms with Gasteiger partial charge in [0.25, 0.3) is 10.0 Å². The van der Waals surface area contributed by atoms with Gasteiger partial charge in [0.15, 0.2) is 0 Å². The van der Waals surface area contributed by atoms with E-state index in [2.05, 4.69) is 6.92 Å². The van der Waals surface area contributed by atoms with Crippen molar-refractivity contribution in [1.82, 2.24) is 4.31 Å². The van der Waals surface area contributed by atoms with Crippen LogP contribution in [0.3, 0.4) is 0 Å². The molecule has 0 N–H and O–H groups in total. The molecule has 1 aliphatic carbocycles. The first-order chi connectivity index (χ1) is 10.1. The summed E-state index contributed by atoms with van der Waals surface area (Å²) >= 11 is 1.30. The molecule has 1 aromatic heterocycles. The Morgan fingerprint density at radius 2 is 2.19 bits per heavy atom. The fourth-order valence-electron chi connectivity index (χ4n) is 2.89. The maximum absolute atomic E-state index is 12.7. The van der Waals surface area contributed by atoms with Crippen LogP contribution in [0.1, 0.15) is 39.0 Å². The second kappa shape index (κ2) is 6.36. The maximum Gasteiger partial charge on any atom is 0.252 e. The minimum Gasteiger partial charge on any atom is -0.372 e. The van der Waals surface area contributed by atoms with E-state index in [4.69, 9.17) is 4.74 Å². The molecule has 4 nitrogen and oxygen atoms in total. The number of hydrogen-bond acceptors (Lipinski definition) is 4. The van der Waals surface area contributed by atoms with E-state index in [1.807, 2.05) is 5.38 Å². The number of unbranched alkanes of at least 4 members (excludes halogenated alkanes) is 1. The van der Waals surface area contributed by atoms with Crippen LogP contribution in [0.2, 0.25) is 0 Å². The summed E-state index contributed by atoms with van der Waals surface area (Å²) in [4.78, 5) is 0. The lowest BCUT2D eigenvalue weighted by Crippen LogP contribution is -2.50. The van der Waals surface area contributed by atoms with Crippen LogP contribution < -0.4 is 0 Å². The summed E-state index contributed by atoms with van der Waals surface area (Å²) in [5.74, 6) is 0.565. The third-order valence-electron chi connectivity index (χ3n) is 4.27. The van der Waals surface area contributed by atoms with Crippen molar-refractivity contribution in [3.8, 4) is 0 Å². The minimum absolute atomic E-state index is 0.0547. The second-order valence-electron chi connectivity index (χ2n) is 6.03. The highest BCUT2D eigenvalue weighted by Gasteiger charge is 2.42. The van der Waals surface area contributed by atoms with Crippen LogP contribution >= 0.6 is 11.3 Å². The molecule has 0 radical (unpaired) electrons. The van der Waals surface area contributed by atoms with Gasteiger partial charge in [0.2, 0.25) is 0 Å². The molecule has 0 spiro atoms. The number of sulfonamides is 1. The zero-order valence-electron chi connectivity index (χ0n) is 12.4. The molecule has 0 aromatic carbocycles. The lowest BCUT2D eigenvalue weighted by atomic mass is 10.1. The molecule has 1 saturated carbocycles. The zero-order valence-corrected chi connectivity index (χ0v) is 14.0. The minimum atomic E-state index is -3.34. The van der Waals surface area contributed by atoms with Gasteiger partial charge >= 0.3 is 0 Å². The topological polar surface area (TPSA) is 46.6 Å². The molecular formula is C15H23NO3S2. The standard InChI is InChI=1S/C15H23NO3S2/c1-2-3-5-13-10-16(11-14(19-13)12-7-8-12)21(17,18)15-6-4-9-20-15/h4,6,9,12-14H,2-3,5,7-8,10-11H2,1H3/t13-,14-/m1/s1. The second-order valence-corrected chi connectivity index (χ2v) is 9.14. The van der Waals surface area contributed by atoms with Gasteiger partial charge in [-0.05, 0) is 36.6 Å². The monoisotopic (exact) mass is 329 g/mol. The van der Waals surface area contributed by atoms with Gasteiger partial charge in [0.05, 0.1) is 12.2 Å². The first kappa shape index (κ1) is 15.5. The SMILES string of the molecule is CCCC[C@@H]1CN(S(=O)(=O)c2cccs2)C[C@H](C2CC2)O1. The van der Waals surface area contributed by atoms with Gasteiger partial charge in [0, 0.05) is 13.1 Å². The fourth-order valence-corrected chi connectivity index (χ4v) is 5.52. The fraction of sp³-hybridized carbons (Fsp3) is 0.733. The number of rotatable bonds is 6. The summed E-state index contributed by atoms with van der Waals surface area (Å²) < 4.78 is 33.7. The van der Waals surface area contributed by atoms with Gasteiger partial charge in [-0.3, -0.25) is 0 Å². The average Bonchev–Trinajstić information content (AvgIpc) is 3.18. The molecule has 0 amide bonds. The van der Waals surface area contributed by atoms with E-state index in [9.17, 15) is 8.42 Å².